The molecule has 1 unspecified atom stereocenters. The molecule has 1 amide bonds. The number of hydrogen-bond acceptors (Lipinski definition) is 4. The third-order valence-electron chi connectivity index (χ3n) is 3.01. The quantitative estimate of drug-likeness (QED) is 0.372. The van der Waals surface area contributed by atoms with Crippen LogP contribution in [-0.4, -0.2) is 86.2 Å². The van der Waals surface area contributed by atoms with Gasteiger partial charge in [-0.2, -0.15) is 0 Å². The number of rotatable bonds is 9. The topological polar surface area (TPSA) is 88.2 Å². The van der Waals surface area contributed by atoms with E-state index >= 15 is 0 Å². The van der Waals surface area contributed by atoms with E-state index in [0.29, 0.717) is 25.0 Å². The van der Waals surface area contributed by atoms with Crippen LogP contribution in [0.3, 0.4) is 0 Å². The first-order valence-electron chi connectivity index (χ1n) is 7.04. The van der Waals surface area contributed by atoms with Crippen LogP contribution < -0.4 is 5.32 Å². The zero-order valence-corrected chi connectivity index (χ0v) is 15.6. The molecule has 1 heterocycles. The summed E-state index contributed by atoms with van der Waals surface area (Å²) in [5, 5.41) is 11.7. The van der Waals surface area contributed by atoms with Gasteiger partial charge in [0.15, 0.2) is 0 Å². The summed E-state index contributed by atoms with van der Waals surface area (Å²) >= 11 is 0. The Morgan fingerprint density at radius 3 is 2.24 bits per heavy atom. The molecule has 2 N–H and O–H groups in total. The third-order valence-corrected chi connectivity index (χ3v) is 3.01. The molecule has 0 spiro atoms. The normalized spacial score (nSPS) is 21.8. The summed E-state index contributed by atoms with van der Waals surface area (Å²) in [5.74, 6) is -1.02. The molecule has 0 saturated carbocycles. The van der Waals surface area contributed by atoms with Gasteiger partial charge in [-0.15, -0.1) is 0 Å². The standard InChI is InChI=1S/C14H25NO5.Ca.2H/c1-9(2)5-11(7-19-6-10(3)4)15-12(16)14(8-20-14)13(17)18;;;/h9-11H,5-8H2,1-4H3,(H,15,16)(H,17,18);;;/q;+2;2*-1/t11-,14?;;;/m0.../s1. The minimum atomic E-state index is -1.67. The molecule has 0 bridgehead atoms. The smallest absolute Gasteiger partial charge is 1.00 e. The van der Waals surface area contributed by atoms with Gasteiger partial charge in [0, 0.05) is 6.61 Å². The first-order chi connectivity index (χ1) is 9.28. The second kappa shape index (κ2) is 9.30. The number of ether oxygens (including phenoxy) is 2. The summed E-state index contributed by atoms with van der Waals surface area (Å²) in [6, 6.07) is -0.193. The molecule has 21 heavy (non-hydrogen) atoms. The van der Waals surface area contributed by atoms with Crippen LogP contribution in [0.5, 0.6) is 0 Å². The number of epoxide rings is 1. The van der Waals surface area contributed by atoms with Gasteiger partial charge in [-0.05, 0) is 18.3 Å². The van der Waals surface area contributed by atoms with Crippen molar-refractivity contribution in [3.05, 3.63) is 0 Å². The number of aliphatic carboxylic acids is 1. The van der Waals surface area contributed by atoms with Gasteiger partial charge >= 0.3 is 43.7 Å². The second-order valence-corrected chi connectivity index (χ2v) is 6.15. The average molecular weight is 329 g/mol. The maximum Gasteiger partial charge on any atom is 2.00 e. The zero-order chi connectivity index (χ0) is 15.3. The van der Waals surface area contributed by atoms with Crippen LogP contribution in [0.2, 0.25) is 0 Å². The maximum absolute atomic E-state index is 12.0. The van der Waals surface area contributed by atoms with Crippen LogP contribution in [0.25, 0.3) is 0 Å². The largest absolute Gasteiger partial charge is 2.00 e. The Hall–Kier alpha value is 0.120. The Morgan fingerprint density at radius 2 is 1.86 bits per heavy atom. The average Bonchev–Trinajstić information content (AvgIpc) is 3.08. The Bertz CT molecular complexity index is 365. The van der Waals surface area contributed by atoms with Gasteiger partial charge in [-0.25, -0.2) is 4.79 Å². The number of carbonyl (C=O) groups is 2. The molecule has 0 aliphatic carbocycles. The van der Waals surface area contributed by atoms with E-state index in [4.69, 9.17) is 14.6 Å². The summed E-state index contributed by atoms with van der Waals surface area (Å²) in [5.41, 5.74) is -1.67. The van der Waals surface area contributed by atoms with Gasteiger partial charge in [0.1, 0.15) is 0 Å². The van der Waals surface area contributed by atoms with Crippen molar-refractivity contribution in [1.29, 1.82) is 0 Å². The first-order valence-corrected chi connectivity index (χ1v) is 7.04. The van der Waals surface area contributed by atoms with E-state index in [1.807, 2.05) is 27.7 Å². The van der Waals surface area contributed by atoms with Gasteiger partial charge in [-0.1, -0.05) is 27.7 Å². The Kier molecular flexibility index (Phi) is 9.35. The van der Waals surface area contributed by atoms with Crippen molar-refractivity contribution >= 4 is 49.6 Å². The Labute approximate surface area is 158 Å². The molecule has 7 heteroatoms. The SMILES string of the molecule is CC(C)COC[C@H](CC(C)C)NC(=O)C1(C(=O)O)CO1.[Ca+2].[H-].[H-]. The van der Waals surface area contributed by atoms with E-state index in [1.54, 1.807) is 0 Å². The third kappa shape index (κ3) is 6.82. The van der Waals surface area contributed by atoms with Crippen LogP contribution in [-0.2, 0) is 19.1 Å². The number of carboxylic acid groups (broad SMARTS) is 1. The molecule has 1 fully saturated rings. The summed E-state index contributed by atoms with van der Waals surface area (Å²) in [4.78, 5) is 23.0. The monoisotopic (exact) mass is 329 g/mol. The fourth-order valence-corrected chi connectivity index (χ4v) is 1.91. The molecular formula is C14H27CaNO5. The summed E-state index contributed by atoms with van der Waals surface area (Å²) < 4.78 is 10.4. The maximum atomic E-state index is 12.0. The number of carbonyl (C=O) groups excluding carboxylic acids is 1. The second-order valence-electron chi connectivity index (χ2n) is 6.15. The number of amides is 1. The van der Waals surface area contributed by atoms with Crippen molar-refractivity contribution in [1.82, 2.24) is 5.32 Å². The first kappa shape index (κ1) is 21.1. The van der Waals surface area contributed by atoms with Gasteiger partial charge in [0.2, 0.25) is 0 Å². The van der Waals surface area contributed by atoms with E-state index in [2.05, 4.69) is 5.32 Å². The Morgan fingerprint density at radius 1 is 1.29 bits per heavy atom. The number of carboxylic acids is 1. The van der Waals surface area contributed by atoms with Crippen molar-refractivity contribution in [2.75, 3.05) is 19.8 Å². The molecule has 6 nitrogen and oxygen atoms in total. The molecule has 0 radical (unpaired) electrons. The van der Waals surface area contributed by atoms with E-state index in [0.717, 1.165) is 6.42 Å². The molecule has 0 aromatic rings. The molecule has 0 aromatic carbocycles. The molecule has 0 aromatic heterocycles. The van der Waals surface area contributed by atoms with Gasteiger partial charge in [-0.3, -0.25) is 4.79 Å². The molecular weight excluding hydrogens is 302 g/mol. The zero-order valence-electron chi connectivity index (χ0n) is 15.3. The molecule has 1 saturated heterocycles. The van der Waals surface area contributed by atoms with Crippen molar-refractivity contribution < 1.29 is 27.0 Å². The van der Waals surface area contributed by atoms with Crippen LogP contribution in [0.15, 0.2) is 0 Å². The molecule has 1 aliphatic rings. The van der Waals surface area contributed by atoms with E-state index in [9.17, 15) is 9.59 Å². The predicted octanol–water partition coefficient (Wildman–Crippen LogP) is 0.888. The summed E-state index contributed by atoms with van der Waals surface area (Å²) in [6.07, 6.45) is 0.736. The van der Waals surface area contributed by atoms with Crippen molar-refractivity contribution in [3.63, 3.8) is 0 Å². The Balaban J connectivity index is -0.00000133. The van der Waals surface area contributed by atoms with Crippen LogP contribution in [0, 0.1) is 11.8 Å². The van der Waals surface area contributed by atoms with E-state index in [-0.39, 0.29) is 53.2 Å². The molecule has 120 valence electrons. The minimum Gasteiger partial charge on any atom is -1.00 e. The van der Waals surface area contributed by atoms with Crippen LogP contribution in [0.4, 0.5) is 0 Å². The van der Waals surface area contributed by atoms with Crippen molar-refractivity contribution in [2.24, 2.45) is 11.8 Å². The van der Waals surface area contributed by atoms with Crippen LogP contribution in [0.1, 0.15) is 37.0 Å². The number of hydrogen-bond donors (Lipinski definition) is 2. The summed E-state index contributed by atoms with van der Waals surface area (Å²) in [7, 11) is 0. The fraction of sp³-hybridized carbons (Fsp3) is 0.857. The fourth-order valence-electron chi connectivity index (χ4n) is 1.91. The van der Waals surface area contributed by atoms with Gasteiger partial charge in [0.05, 0.1) is 19.3 Å². The van der Waals surface area contributed by atoms with E-state index in [1.165, 1.54) is 0 Å². The van der Waals surface area contributed by atoms with Crippen molar-refractivity contribution in [3.8, 4) is 0 Å². The predicted molar refractivity (Wildman–Crippen MR) is 81.3 cm³/mol. The molecule has 1 aliphatic heterocycles. The summed E-state index contributed by atoms with van der Waals surface area (Å²) in [6.45, 7) is 9.13. The van der Waals surface area contributed by atoms with E-state index < -0.39 is 17.5 Å². The molecule has 2 atom stereocenters. The minimum absolute atomic E-state index is 0. The van der Waals surface area contributed by atoms with Gasteiger partial charge in [0.25, 0.3) is 11.5 Å². The number of nitrogens with one attached hydrogen (secondary N) is 1. The van der Waals surface area contributed by atoms with Gasteiger partial charge < -0.3 is 22.8 Å². The molecule has 1 rings (SSSR count). The van der Waals surface area contributed by atoms with Crippen LogP contribution >= 0.6 is 0 Å². The van der Waals surface area contributed by atoms with Crippen molar-refractivity contribution in [2.45, 2.75) is 45.8 Å².